The Morgan fingerprint density at radius 1 is 1.23 bits per heavy atom. The smallest absolute Gasteiger partial charge is 0.455 e. The molecule has 2 N–H and O–H groups in total. The second-order valence-electron chi connectivity index (χ2n) is 10.5. The third kappa shape index (κ3) is 5.09. The summed E-state index contributed by atoms with van der Waals surface area (Å²) < 4.78 is 11.6. The summed E-state index contributed by atoms with van der Waals surface area (Å²) in [7, 11) is -1.07. The summed E-state index contributed by atoms with van der Waals surface area (Å²) >= 11 is 0. The number of imide groups is 1. The number of aliphatic hydroxyl groups excluding tert-OH is 1. The van der Waals surface area contributed by atoms with Crippen LogP contribution in [0.3, 0.4) is 0 Å². The number of non-ortho nitro benzene ring substituents is 1. The maximum Gasteiger partial charge on any atom is 0.455 e. The molecule has 0 radical (unpaired) electrons. The van der Waals surface area contributed by atoms with Gasteiger partial charge in [-0.25, -0.2) is 4.90 Å². The molecule has 2 fully saturated rings. The third-order valence-corrected chi connectivity index (χ3v) is 8.06. The Morgan fingerprint density at radius 2 is 2.03 bits per heavy atom. The largest absolute Gasteiger partial charge is 0.459 e. The van der Waals surface area contributed by atoms with E-state index in [2.05, 4.69) is 0 Å². The summed E-state index contributed by atoms with van der Waals surface area (Å²) in [5, 5.41) is 31.2. The average Bonchev–Trinajstić information content (AvgIpc) is 3.47. The lowest BCUT2D eigenvalue weighted by Gasteiger charge is -2.43. The zero-order chi connectivity index (χ0) is 27.8. The molecule has 0 saturated carbocycles. The number of hydrogen-bond donors (Lipinski definition) is 2. The number of fused-ring (bicyclic) bond motifs is 3. The predicted molar refractivity (Wildman–Crippen MR) is 143 cm³/mol. The minimum atomic E-state index is -1.07. The van der Waals surface area contributed by atoms with Crippen LogP contribution in [0.4, 0.5) is 11.4 Å². The number of allylic oxidation sites excluding steroid dienone is 2. The van der Waals surface area contributed by atoms with Gasteiger partial charge in [0, 0.05) is 12.1 Å². The van der Waals surface area contributed by atoms with E-state index in [1.807, 2.05) is 19.9 Å². The van der Waals surface area contributed by atoms with Crippen LogP contribution in [0.15, 0.2) is 57.5 Å². The van der Waals surface area contributed by atoms with Gasteiger partial charge < -0.3 is 19.2 Å². The van der Waals surface area contributed by atoms with Crippen LogP contribution in [0.25, 0.3) is 6.08 Å². The number of nitro benzene ring substituents is 1. The maximum atomic E-state index is 13.7. The van der Waals surface area contributed by atoms with Gasteiger partial charge in [0.2, 0.25) is 11.8 Å². The number of benzene rings is 1. The van der Waals surface area contributed by atoms with Crippen LogP contribution in [0.2, 0.25) is 6.32 Å². The number of nitrogens with zero attached hydrogens (tertiary/aromatic N) is 2. The highest BCUT2D eigenvalue weighted by atomic mass is 16.6. The SMILES string of the molecule is CCC1=C2[C@@H](CC/C(C)=C/c3ccc(CO)o3)OB(O)C[C@@H]2[C@@H]2C(=O)N(c3cccc([N+](=O)[O-])c3)C(=O)[C@@H]2C1. The van der Waals surface area contributed by atoms with E-state index >= 15 is 0 Å². The Morgan fingerprint density at radius 3 is 2.72 bits per heavy atom. The van der Waals surface area contributed by atoms with Crippen molar-refractivity contribution in [1.29, 1.82) is 0 Å². The molecule has 0 bridgehead atoms. The van der Waals surface area contributed by atoms with Gasteiger partial charge in [-0.15, -0.1) is 0 Å². The van der Waals surface area contributed by atoms with Crippen LogP contribution in [0.5, 0.6) is 0 Å². The van der Waals surface area contributed by atoms with E-state index in [1.54, 1.807) is 12.1 Å². The zero-order valence-electron chi connectivity index (χ0n) is 21.9. The van der Waals surface area contributed by atoms with Crippen molar-refractivity contribution in [2.75, 3.05) is 4.90 Å². The molecule has 5 rings (SSSR count). The zero-order valence-corrected chi connectivity index (χ0v) is 21.9. The predicted octanol–water partition coefficient (Wildman–Crippen LogP) is 4.28. The second-order valence-corrected chi connectivity index (χ2v) is 10.5. The molecule has 204 valence electrons. The molecule has 0 unspecified atom stereocenters. The Balaban J connectivity index is 1.41. The van der Waals surface area contributed by atoms with Crippen molar-refractivity contribution in [3.63, 3.8) is 0 Å². The number of carbonyl (C=O) groups is 2. The van der Waals surface area contributed by atoms with Crippen molar-refractivity contribution in [2.24, 2.45) is 17.8 Å². The van der Waals surface area contributed by atoms with Gasteiger partial charge in [-0.05, 0) is 74.7 Å². The number of hydrogen-bond acceptors (Lipinski definition) is 8. The molecule has 3 aliphatic rings. The fraction of sp³-hybridized carbons (Fsp3) is 0.429. The van der Waals surface area contributed by atoms with Gasteiger partial charge >= 0.3 is 7.12 Å². The molecule has 2 saturated heterocycles. The molecule has 0 spiro atoms. The van der Waals surface area contributed by atoms with Gasteiger partial charge in [-0.3, -0.25) is 19.7 Å². The minimum Gasteiger partial charge on any atom is -0.459 e. The van der Waals surface area contributed by atoms with Crippen molar-refractivity contribution in [2.45, 2.75) is 58.6 Å². The van der Waals surface area contributed by atoms with Gasteiger partial charge in [0.25, 0.3) is 5.69 Å². The van der Waals surface area contributed by atoms with E-state index < -0.39 is 30.0 Å². The first-order chi connectivity index (χ1) is 18.7. The lowest BCUT2D eigenvalue weighted by Crippen LogP contribution is -2.46. The van der Waals surface area contributed by atoms with Crippen LogP contribution in [0, 0.1) is 27.9 Å². The van der Waals surface area contributed by atoms with Crippen LogP contribution in [-0.4, -0.2) is 40.1 Å². The fourth-order valence-corrected chi connectivity index (χ4v) is 6.33. The first-order valence-corrected chi connectivity index (χ1v) is 13.3. The van der Waals surface area contributed by atoms with Crippen LogP contribution in [-0.2, 0) is 20.9 Å². The molecule has 4 atom stereocenters. The lowest BCUT2D eigenvalue weighted by molar-refractivity contribution is -0.384. The third-order valence-electron chi connectivity index (χ3n) is 8.06. The Kier molecular flexibility index (Phi) is 7.57. The minimum absolute atomic E-state index is 0.169. The number of anilines is 1. The fourth-order valence-electron chi connectivity index (χ4n) is 6.33. The molecule has 1 aliphatic carbocycles. The maximum absolute atomic E-state index is 13.7. The molecule has 2 aliphatic heterocycles. The van der Waals surface area contributed by atoms with Crippen LogP contribution in [0.1, 0.15) is 51.1 Å². The number of carbonyl (C=O) groups excluding carboxylic acids is 2. The number of rotatable bonds is 8. The number of nitro groups is 1. The topological polar surface area (TPSA) is 143 Å². The Hall–Kier alpha value is -3.54. The van der Waals surface area contributed by atoms with E-state index in [0.29, 0.717) is 37.2 Å². The molecule has 11 heteroatoms. The van der Waals surface area contributed by atoms with Crippen molar-refractivity contribution in [3.05, 3.63) is 74.8 Å². The van der Waals surface area contributed by atoms with Gasteiger partial charge in [-0.2, -0.15) is 0 Å². The van der Waals surface area contributed by atoms with Gasteiger partial charge in [0.15, 0.2) is 0 Å². The molecule has 1 aromatic carbocycles. The van der Waals surface area contributed by atoms with Crippen LogP contribution < -0.4 is 4.90 Å². The molecule has 2 aromatic rings. The number of aliphatic hydroxyl groups is 1. The van der Waals surface area contributed by atoms with Crippen molar-refractivity contribution >= 4 is 36.4 Å². The Bertz CT molecular complexity index is 1360. The molecule has 2 amide bonds. The summed E-state index contributed by atoms with van der Waals surface area (Å²) in [6.45, 7) is 3.82. The van der Waals surface area contributed by atoms with Gasteiger partial charge in [0.05, 0.1) is 28.6 Å². The summed E-state index contributed by atoms with van der Waals surface area (Å²) in [5.41, 5.74) is 3.11. The quantitative estimate of drug-likeness (QED) is 0.168. The summed E-state index contributed by atoms with van der Waals surface area (Å²) in [6, 6.07) is 9.09. The lowest BCUT2D eigenvalue weighted by atomic mass is 9.58. The number of furan rings is 1. The second kappa shape index (κ2) is 10.9. The normalized spacial score (nSPS) is 25.3. The molecular formula is C28H31BN2O8. The van der Waals surface area contributed by atoms with Gasteiger partial charge in [0.1, 0.15) is 18.1 Å². The van der Waals surface area contributed by atoms with Crippen molar-refractivity contribution < 1.29 is 33.7 Å². The van der Waals surface area contributed by atoms with E-state index in [-0.39, 0.29) is 42.0 Å². The highest BCUT2D eigenvalue weighted by Gasteiger charge is 2.57. The highest BCUT2D eigenvalue weighted by molar-refractivity contribution is 6.43. The van der Waals surface area contributed by atoms with Crippen LogP contribution >= 0.6 is 0 Å². The first-order valence-electron chi connectivity index (χ1n) is 13.3. The van der Waals surface area contributed by atoms with Crippen molar-refractivity contribution in [3.8, 4) is 0 Å². The molecular weight excluding hydrogens is 503 g/mol. The van der Waals surface area contributed by atoms with Gasteiger partial charge in [-0.1, -0.05) is 24.1 Å². The van der Waals surface area contributed by atoms with E-state index in [9.17, 15) is 29.8 Å². The molecule has 10 nitrogen and oxygen atoms in total. The summed E-state index contributed by atoms with van der Waals surface area (Å²) in [5.74, 6) is -1.19. The van der Waals surface area contributed by atoms with E-state index in [4.69, 9.17) is 9.07 Å². The standard InChI is InChI=1S/C28H31BN2O8/c1-3-17-12-22-26(28(34)30(27(22)33)18-5-4-6-19(13-18)31(36)37)23-14-29(35)39-24(25(17)23)10-7-16(2)11-20-8-9-21(15-32)38-20/h4-6,8-9,11,13,22-24,26,32,35H,3,7,10,12,14-15H2,1-2H3/b16-11+/t22-,23+,24-,26-/m1/s1. The molecule has 1 aromatic heterocycles. The molecule has 39 heavy (non-hydrogen) atoms. The molecule has 3 heterocycles. The number of amides is 2. The average molecular weight is 534 g/mol. The van der Waals surface area contributed by atoms with E-state index in [0.717, 1.165) is 21.6 Å². The monoisotopic (exact) mass is 534 g/mol. The van der Waals surface area contributed by atoms with E-state index in [1.165, 1.54) is 24.3 Å². The summed E-state index contributed by atoms with van der Waals surface area (Å²) in [6.07, 6.45) is 4.05. The summed E-state index contributed by atoms with van der Waals surface area (Å²) in [4.78, 5) is 39.1. The Labute approximate surface area is 226 Å². The van der Waals surface area contributed by atoms with Crippen molar-refractivity contribution in [1.82, 2.24) is 0 Å². The highest BCUT2D eigenvalue weighted by Crippen LogP contribution is 2.52. The first kappa shape index (κ1) is 27.0.